The Balaban J connectivity index is 1.24. The summed E-state index contributed by atoms with van der Waals surface area (Å²) in [6.07, 6.45) is 7.02. The van der Waals surface area contributed by atoms with Crippen molar-refractivity contribution >= 4 is 17.6 Å². The Labute approximate surface area is 147 Å². The predicted molar refractivity (Wildman–Crippen MR) is 97.3 cm³/mol. The highest BCUT2D eigenvalue weighted by molar-refractivity contribution is 5.54. The second-order valence-electron chi connectivity index (χ2n) is 8.09. The smallest absolute Gasteiger partial charge is 0.227 e. The van der Waals surface area contributed by atoms with Gasteiger partial charge < -0.3 is 15.1 Å². The van der Waals surface area contributed by atoms with Gasteiger partial charge in [-0.1, -0.05) is 12.8 Å². The fraction of sp³-hybridized carbons (Fsp3) is 0.611. The largest absolute Gasteiger partial charge is 0.339 e. The van der Waals surface area contributed by atoms with Crippen LogP contribution in [0.5, 0.6) is 0 Å². The van der Waals surface area contributed by atoms with E-state index in [-0.39, 0.29) is 0 Å². The summed E-state index contributed by atoms with van der Waals surface area (Å²) in [5.41, 5.74) is 1.73. The Morgan fingerprint density at radius 2 is 1.96 bits per heavy atom. The molecule has 7 heteroatoms. The van der Waals surface area contributed by atoms with Crippen molar-refractivity contribution in [3.63, 3.8) is 0 Å². The molecule has 4 heterocycles. The highest BCUT2D eigenvalue weighted by atomic mass is 15.4. The molecule has 2 aromatic rings. The first kappa shape index (κ1) is 15.1. The number of H-pyrrole nitrogens is 1. The summed E-state index contributed by atoms with van der Waals surface area (Å²) in [5.74, 6) is 3.10. The minimum atomic E-state index is 0.486. The summed E-state index contributed by atoms with van der Waals surface area (Å²) in [6.45, 7) is 4.52. The summed E-state index contributed by atoms with van der Waals surface area (Å²) >= 11 is 0. The van der Waals surface area contributed by atoms with Crippen molar-refractivity contribution < 1.29 is 0 Å². The average molecular weight is 339 g/mol. The predicted octanol–water partition coefficient (Wildman–Crippen LogP) is 2.35. The lowest BCUT2D eigenvalue weighted by Gasteiger charge is -2.59. The maximum atomic E-state index is 4.68. The van der Waals surface area contributed by atoms with Crippen molar-refractivity contribution in [2.24, 2.45) is 5.41 Å². The van der Waals surface area contributed by atoms with Crippen molar-refractivity contribution in [2.75, 3.05) is 43.4 Å². The summed E-state index contributed by atoms with van der Waals surface area (Å²) in [6, 6.07) is 4.03. The monoisotopic (exact) mass is 339 g/mol. The van der Waals surface area contributed by atoms with Gasteiger partial charge in [0.25, 0.3) is 0 Å². The molecule has 0 atom stereocenters. The number of nitrogens with zero attached hydrogens (tertiary/aromatic N) is 5. The van der Waals surface area contributed by atoms with Crippen LogP contribution in [-0.2, 0) is 0 Å². The minimum absolute atomic E-state index is 0.486. The van der Waals surface area contributed by atoms with Crippen LogP contribution in [0.4, 0.5) is 17.6 Å². The lowest BCUT2D eigenvalue weighted by Crippen LogP contribution is -2.71. The number of aromatic amines is 1. The minimum Gasteiger partial charge on any atom is -0.339 e. The first-order valence-electron chi connectivity index (χ1n) is 9.28. The van der Waals surface area contributed by atoms with Gasteiger partial charge in [-0.25, -0.2) is 4.98 Å². The van der Waals surface area contributed by atoms with Crippen LogP contribution in [0.1, 0.15) is 37.3 Å². The molecule has 1 saturated carbocycles. The second-order valence-corrected chi connectivity index (χ2v) is 8.09. The molecule has 3 aliphatic rings. The number of hydrogen-bond donors (Lipinski definition) is 2. The zero-order valence-corrected chi connectivity index (χ0v) is 14.7. The lowest BCUT2D eigenvalue weighted by atomic mass is 9.73. The van der Waals surface area contributed by atoms with Gasteiger partial charge in [0.05, 0.1) is 0 Å². The zero-order valence-electron chi connectivity index (χ0n) is 14.7. The Hall–Kier alpha value is -2.15. The molecular formula is C18H25N7. The van der Waals surface area contributed by atoms with Gasteiger partial charge in [0.1, 0.15) is 5.82 Å². The molecule has 2 aromatic heterocycles. The van der Waals surface area contributed by atoms with Crippen LogP contribution in [0.25, 0.3) is 0 Å². The van der Waals surface area contributed by atoms with Crippen LogP contribution in [0.3, 0.4) is 0 Å². The van der Waals surface area contributed by atoms with E-state index in [1.165, 1.54) is 44.5 Å². The molecule has 5 rings (SSSR count). The number of rotatable bonds is 4. The second kappa shape index (κ2) is 5.69. The SMILES string of the molecule is CN1CC2(C1)CN(c1nccc(Nc3cc(C4CCCC4)[nH]n3)n1)C2. The number of nitrogens with one attached hydrogen (secondary N) is 2. The van der Waals surface area contributed by atoms with Gasteiger partial charge >= 0.3 is 0 Å². The zero-order chi connectivity index (χ0) is 16.9. The first-order valence-corrected chi connectivity index (χ1v) is 9.28. The molecule has 132 valence electrons. The van der Waals surface area contributed by atoms with Crippen LogP contribution in [0.2, 0.25) is 0 Å². The number of hydrogen-bond acceptors (Lipinski definition) is 6. The van der Waals surface area contributed by atoms with Gasteiger partial charge in [-0.3, -0.25) is 5.10 Å². The van der Waals surface area contributed by atoms with E-state index in [1.807, 2.05) is 12.3 Å². The third-order valence-electron chi connectivity index (χ3n) is 5.84. The molecule has 25 heavy (non-hydrogen) atoms. The third-order valence-corrected chi connectivity index (χ3v) is 5.84. The van der Waals surface area contributed by atoms with Crippen molar-refractivity contribution in [1.29, 1.82) is 0 Å². The Morgan fingerprint density at radius 1 is 1.16 bits per heavy atom. The third kappa shape index (κ3) is 2.76. The van der Waals surface area contributed by atoms with E-state index in [2.05, 4.69) is 48.4 Å². The number of aromatic nitrogens is 4. The number of anilines is 3. The van der Waals surface area contributed by atoms with E-state index in [1.54, 1.807) is 0 Å². The molecule has 3 fully saturated rings. The van der Waals surface area contributed by atoms with Gasteiger partial charge in [-0.05, 0) is 26.0 Å². The molecule has 2 N–H and O–H groups in total. The van der Waals surface area contributed by atoms with Crippen LogP contribution < -0.4 is 10.2 Å². The molecule has 1 spiro atoms. The lowest BCUT2D eigenvalue weighted by molar-refractivity contribution is -0.00322. The van der Waals surface area contributed by atoms with Gasteiger partial charge in [-0.2, -0.15) is 10.1 Å². The van der Waals surface area contributed by atoms with E-state index in [9.17, 15) is 0 Å². The maximum Gasteiger partial charge on any atom is 0.227 e. The summed E-state index contributed by atoms with van der Waals surface area (Å²) in [5, 5.41) is 10.9. The molecule has 7 nitrogen and oxygen atoms in total. The van der Waals surface area contributed by atoms with Crippen molar-refractivity contribution in [2.45, 2.75) is 31.6 Å². The summed E-state index contributed by atoms with van der Waals surface area (Å²) in [4.78, 5) is 13.8. The van der Waals surface area contributed by atoms with Crippen molar-refractivity contribution in [3.8, 4) is 0 Å². The molecule has 0 bridgehead atoms. The Kier molecular flexibility index (Phi) is 3.45. The van der Waals surface area contributed by atoms with E-state index in [4.69, 9.17) is 0 Å². The quantitative estimate of drug-likeness (QED) is 0.891. The van der Waals surface area contributed by atoms with Crippen LogP contribution in [-0.4, -0.2) is 58.3 Å². The fourth-order valence-corrected chi connectivity index (χ4v) is 4.75. The van der Waals surface area contributed by atoms with Gasteiger partial charge in [0.2, 0.25) is 5.95 Å². The normalized spacial score (nSPS) is 22.8. The maximum absolute atomic E-state index is 4.68. The average Bonchev–Trinajstić information content (AvgIpc) is 3.20. The standard InChI is InChI=1S/C18H25N7/c1-24-9-18(10-24)11-25(12-18)17-19-7-6-15(21-17)20-16-8-14(22-23-16)13-4-2-3-5-13/h6-8,13H,2-5,9-12H2,1H3,(H2,19,20,21,22,23). The van der Waals surface area contributed by atoms with Gasteiger partial charge in [-0.15, -0.1) is 0 Å². The Bertz CT molecular complexity index is 750. The first-order chi connectivity index (χ1) is 12.2. The van der Waals surface area contributed by atoms with E-state index in [0.717, 1.165) is 30.7 Å². The van der Waals surface area contributed by atoms with Gasteiger partial charge in [0, 0.05) is 55.5 Å². The van der Waals surface area contributed by atoms with Crippen LogP contribution >= 0.6 is 0 Å². The molecule has 0 aromatic carbocycles. The van der Waals surface area contributed by atoms with Gasteiger partial charge in [0.15, 0.2) is 5.82 Å². The molecule has 2 aliphatic heterocycles. The summed E-state index contributed by atoms with van der Waals surface area (Å²) < 4.78 is 0. The van der Waals surface area contributed by atoms with E-state index in [0.29, 0.717) is 11.3 Å². The van der Waals surface area contributed by atoms with Crippen molar-refractivity contribution in [3.05, 3.63) is 24.0 Å². The molecule has 0 amide bonds. The molecular weight excluding hydrogens is 314 g/mol. The molecule has 2 saturated heterocycles. The topological polar surface area (TPSA) is 73.0 Å². The summed E-state index contributed by atoms with van der Waals surface area (Å²) in [7, 11) is 2.18. The highest BCUT2D eigenvalue weighted by Crippen LogP contribution is 2.40. The molecule has 0 radical (unpaired) electrons. The molecule has 1 aliphatic carbocycles. The molecule has 0 unspecified atom stereocenters. The van der Waals surface area contributed by atoms with Crippen LogP contribution in [0, 0.1) is 5.41 Å². The van der Waals surface area contributed by atoms with Crippen molar-refractivity contribution in [1.82, 2.24) is 25.1 Å². The Morgan fingerprint density at radius 3 is 2.72 bits per heavy atom. The highest BCUT2D eigenvalue weighted by Gasteiger charge is 2.51. The van der Waals surface area contributed by atoms with E-state index < -0.39 is 0 Å². The van der Waals surface area contributed by atoms with E-state index >= 15 is 0 Å². The number of likely N-dealkylation sites (tertiary alicyclic amines) is 1. The van der Waals surface area contributed by atoms with Crippen LogP contribution in [0.15, 0.2) is 18.3 Å². The fourth-order valence-electron chi connectivity index (χ4n) is 4.75.